The van der Waals surface area contributed by atoms with Crippen LogP contribution in [0.2, 0.25) is 0 Å². The normalized spacial score (nSPS) is 14.1. The van der Waals surface area contributed by atoms with Crippen molar-refractivity contribution in [3.63, 3.8) is 0 Å². The summed E-state index contributed by atoms with van der Waals surface area (Å²) in [5, 5.41) is 3.15. The zero-order chi connectivity index (χ0) is 30.0. The van der Waals surface area contributed by atoms with Crippen LogP contribution in [0.1, 0.15) is 29.0 Å². The highest BCUT2D eigenvalue weighted by Crippen LogP contribution is 2.40. The van der Waals surface area contributed by atoms with Gasteiger partial charge in [-0.2, -0.15) is 0 Å². The summed E-state index contributed by atoms with van der Waals surface area (Å²) in [7, 11) is -0.668. The minimum atomic E-state index is -3.65. The molecule has 0 bridgehead atoms. The van der Waals surface area contributed by atoms with Gasteiger partial charge in [0.25, 0.3) is 5.91 Å². The first-order chi connectivity index (χ1) is 20.1. The van der Waals surface area contributed by atoms with E-state index in [0.29, 0.717) is 33.5 Å². The fourth-order valence-electron chi connectivity index (χ4n) is 4.98. The van der Waals surface area contributed by atoms with Crippen molar-refractivity contribution < 1.29 is 22.0 Å². The topological polar surface area (TPSA) is 97.4 Å². The Morgan fingerprint density at radius 1 is 1.26 bits per heavy atom. The number of benzene rings is 2. The fraction of sp³-hybridized carbons (Fsp3) is 0.188. The number of amides is 1. The van der Waals surface area contributed by atoms with Gasteiger partial charge >= 0.3 is 0 Å². The maximum Gasteiger partial charge on any atom is 0.255 e. The molecule has 10 heteroatoms. The van der Waals surface area contributed by atoms with Gasteiger partial charge < -0.3 is 9.73 Å². The molecule has 2 aromatic heterocycles. The van der Waals surface area contributed by atoms with Gasteiger partial charge in [-0.1, -0.05) is 36.9 Å². The smallest absolute Gasteiger partial charge is 0.255 e. The Morgan fingerprint density at radius 3 is 2.76 bits per heavy atom. The third-order valence-corrected chi connectivity index (χ3v) is 8.33. The third-order valence-electron chi connectivity index (χ3n) is 7.14. The lowest BCUT2D eigenvalue weighted by atomic mass is 9.98. The van der Waals surface area contributed by atoms with E-state index in [9.17, 15) is 17.6 Å². The maximum absolute atomic E-state index is 13.9. The van der Waals surface area contributed by atoms with Crippen molar-refractivity contribution in [2.45, 2.75) is 19.3 Å². The van der Waals surface area contributed by atoms with Gasteiger partial charge in [0.2, 0.25) is 10.0 Å². The van der Waals surface area contributed by atoms with Gasteiger partial charge in [-0.3, -0.25) is 13.7 Å². The molecule has 1 N–H and O–H groups in total. The molecule has 0 radical (unpaired) electrons. The number of nitrogens with one attached hydrogen (secondary N) is 1. The lowest BCUT2D eigenvalue weighted by Crippen LogP contribution is -2.25. The van der Waals surface area contributed by atoms with Gasteiger partial charge in [0.15, 0.2) is 0 Å². The summed E-state index contributed by atoms with van der Waals surface area (Å²) in [4.78, 5) is 17.7. The maximum atomic E-state index is 13.9. The molecule has 2 heterocycles. The second kappa shape index (κ2) is 11.7. The standard InChI is InChI=1S/C32H31FN4O4S/c1-5-10-22(33)11-9-14-29-31(32(38)34-2)25-18-24(28(19-30(25)41-29)36(3)42(4,39)40)21-15-16-27-26(17-21)35-20-37(27)23-12-7-6-8-13-23/h5,7,9-13,15-20H,1,6,8,14H2,2-4H3,(H,34,38)/b11-9-,22-10+. The molecule has 0 saturated carbocycles. The fourth-order valence-corrected chi connectivity index (χ4v) is 5.49. The molecule has 1 amide bonds. The molecule has 0 aliphatic heterocycles. The Balaban J connectivity index is 1.69. The monoisotopic (exact) mass is 586 g/mol. The first kappa shape index (κ1) is 28.8. The van der Waals surface area contributed by atoms with E-state index in [1.807, 2.05) is 22.8 Å². The summed E-state index contributed by atoms with van der Waals surface area (Å²) in [6.45, 7) is 3.48. The summed E-state index contributed by atoms with van der Waals surface area (Å²) in [5.74, 6) is -0.548. The summed E-state index contributed by atoms with van der Waals surface area (Å²) in [6, 6.07) is 9.14. The van der Waals surface area contributed by atoms with Crippen LogP contribution < -0.4 is 9.62 Å². The van der Waals surface area contributed by atoms with Crippen LogP contribution in [0.3, 0.4) is 0 Å². The van der Waals surface area contributed by atoms with E-state index >= 15 is 0 Å². The number of furan rings is 1. The van der Waals surface area contributed by atoms with Crippen molar-refractivity contribution in [2.24, 2.45) is 0 Å². The van der Waals surface area contributed by atoms with Crippen molar-refractivity contribution in [1.29, 1.82) is 0 Å². The molecule has 5 rings (SSSR count). The predicted molar refractivity (Wildman–Crippen MR) is 166 cm³/mol. The summed E-state index contributed by atoms with van der Waals surface area (Å²) in [6.07, 6.45) is 16.7. The zero-order valence-corrected chi connectivity index (χ0v) is 24.4. The van der Waals surface area contributed by atoms with Gasteiger partial charge in [-0.15, -0.1) is 0 Å². The molecule has 8 nitrogen and oxygen atoms in total. The van der Waals surface area contributed by atoms with E-state index in [1.54, 1.807) is 24.5 Å². The van der Waals surface area contributed by atoms with Crippen LogP contribution >= 0.6 is 0 Å². The number of nitrogens with zero attached hydrogens (tertiary/aromatic N) is 3. The van der Waals surface area contributed by atoms with Crippen LogP contribution in [-0.4, -0.2) is 44.2 Å². The average Bonchev–Trinajstić information content (AvgIpc) is 3.56. The second-order valence-electron chi connectivity index (χ2n) is 9.90. The highest BCUT2D eigenvalue weighted by molar-refractivity contribution is 7.92. The van der Waals surface area contributed by atoms with E-state index in [-0.39, 0.29) is 12.3 Å². The highest BCUT2D eigenvalue weighted by Gasteiger charge is 2.25. The SMILES string of the molecule is C=C/C=C(F)\C=C/Cc1oc2cc(N(C)S(C)(=O)=O)c(-c3ccc4c(c3)ncn4C3=CCCC=C3)cc2c1C(=O)NC. The van der Waals surface area contributed by atoms with Gasteiger partial charge in [0, 0.05) is 43.2 Å². The summed E-state index contributed by atoms with van der Waals surface area (Å²) >= 11 is 0. The molecule has 0 unspecified atom stereocenters. The number of anilines is 1. The Labute approximate surface area is 243 Å². The molecule has 2 aromatic carbocycles. The van der Waals surface area contributed by atoms with E-state index in [2.05, 4.69) is 35.1 Å². The molecule has 0 spiro atoms. The molecule has 0 fully saturated rings. The van der Waals surface area contributed by atoms with E-state index in [0.717, 1.165) is 41.4 Å². The number of imidazole rings is 1. The average molecular weight is 587 g/mol. The first-order valence-electron chi connectivity index (χ1n) is 13.4. The number of rotatable bonds is 9. The highest BCUT2D eigenvalue weighted by atomic mass is 32.2. The molecule has 1 aliphatic carbocycles. The number of sulfonamides is 1. The lowest BCUT2D eigenvalue weighted by Gasteiger charge is -2.21. The van der Waals surface area contributed by atoms with Gasteiger partial charge in [-0.05, 0) is 54.8 Å². The lowest BCUT2D eigenvalue weighted by molar-refractivity contribution is 0.0962. The van der Waals surface area contributed by atoms with E-state index in [4.69, 9.17) is 4.42 Å². The summed E-state index contributed by atoms with van der Waals surface area (Å²) < 4.78 is 48.5. The molecule has 42 heavy (non-hydrogen) atoms. The van der Waals surface area contributed by atoms with Crippen molar-refractivity contribution in [3.8, 4) is 11.1 Å². The van der Waals surface area contributed by atoms with E-state index in [1.165, 1.54) is 36.6 Å². The van der Waals surface area contributed by atoms with Gasteiger partial charge in [0.05, 0.1) is 28.5 Å². The zero-order valence-electron chi connectivity index (χ0n) is 23.6. The Kier molecular flexibility index (Phi) is 8.00. The molecule has 0 saturated heterocycles. The van der Waals surface area contributed by atoms with E-state index < -0.39 is 15.9 Å². The second-order valence-corrected chi connectivity index (χ2v) is 11.9. The Hall–Kier alpha value is -4.70. The molecular weight excluding hydrogens is 555 g/mol. The molecule has 4 aromatic rings. The number of allylic oxidation sites excluding steroid dienone is 9. The number of fused-ring (bicyclic) bond motifs is 2. The number of hydrogen-bond acceptors (Lipinski definition) is 5. The number of hydrogen-bond donors (Lipinski definition) is 1. The number of carbonyl (C=O) groups excluding carboxylic acids is 1. The van der Waals surface area contributed by atoms with Crippen LogP contribution in [0.15, 0.2) is 96.0 Å². The van der Waals surface area contributed by atoms with Crippen molar-refractivity contribution in [1.82, 2.24) is 14.9 Å². The largest absolute Gasteiger partial charge is 0.460 e. The minimum Gasteiger partial charge on any atom is -0.460 e. The first-order valence-corrected chi connectivity index (χ1v) is 15.2. The van der Waals surface area contributed by atoms with Crippen LogP contribution in [0.5, 0.6) is 0 Å². The Bertz CT molecular complexity index is 1940. The Morgan fingerprint density at radius 2 is 2.07 bits per heavy atom. The molecular formula is C32H31FN4O4S. The molecule has 216 valence electrons. The molecule has 0 atom stereocenters. The van der Waals surface area contributed by atoms with Crippen LogP contribution in [0.25, 0.3) is 38.8 Å². The van der Waals surface area contributed by atoms with Gasteiger partial charge in [0.1, 0.15) is 23.5 Å². The number of carbonyl (C=O) groups is 1. The molecule has 1 aliphatic rings. The quantitative estimate of drug-likeness (QED) is 0.225. The van der Waals surface area contributed by atoms with Crippen LogP contribution in [-0.2, 0) is 16.4 Å². The van der Waals surface area contributed by atoms with Crippen LogP contribution in [0.4, 0.5) is 10.1 Å². The number of aromatic nitrogens is 2. The van der Waals surface area contributed by atoms with Gasteiger partial charge in [-0.25, -0.2) is 17.8 Å². The predicted octanol–water partition coefficient (Wildman–Crippen LogP) is 6.53. The van der Waals surface area contributed by atoms with Crippen molar-refractivity contribution in [3.05, 3.63) is 103 Å². The third kappa shape index (κ3) is 5.58. The van der Waals surface area contributed by atoms with Crippen molar-refractivity contribution in [2.75, 3.05) is 24.7 Å². The van der Waals surface area contributed by atoms with Crippen LogP contribution in [0, 0.1) is 0 Å². The summed E-state index contributed by atoms with van der Waals surface area (Å²) in [5.41, 5.74) is 4.99. The van der Waals surface area contributed by atoms with Crippen molar-refractivity contribution >= 4 is 49.3 Å². The number of halogens is 1. The minimum absolute atomic E-state index is 0.135.